The molecule has 1 aliphatic heterocycles. The van der Waals surface area contributed by atoms with E-state index in [0.717, 1.165) is 17.9 Å². The van der Waals surface area contributed by atoms with Crippen molar-refractivity contribution in [1.82, 2.24) is 4.90 Å². The van der Waals surface area contributed by atoms with Crippen molar-refractivity contribution in [3.05, 3.63) is 42.0 Å². The molecule has 0 amide bonds. The van der Waals surface area contributed by atoms with Gasteiger partial charge in [-0.1, -0.05) is 62.2 Å². The van der Waals surface area contributed by atoms with Gasteiger partial charge >= 0.3 is 0 Å². The van der Waals surface area contributed by atoms with Gasteiger partial charge in [-0.3, -0.25) is 0 Å². The minimum Gasteiger partial charge on any atom is -0.300 e. The Morgan fingerprint density at radius 3 is 2.50 bits per heavy atom. The number of hydrogen-bond acceptors (Lipinski definition) is 1. The molecule has 2 atom stereocenters. The Hall–Kier alpha value is -1.08. The van der Waals surface area contributed by atoms with Gasteiger partial charge in [-0.15, -0.1) is 0 Å². The Balaban J connectivity index is 1.56. The topological polar surface area (TPSA) is 3.24 Å². The smallest absolute Gasteiger partial charge is 0.00953 e. The third-order valence-corrected chi connectivity index (χ3v) is 5.18. The summed E-state index contributed by atoms with van der Waals surface area (Å²) in [6, 6.07) is 11.6. The molecule has 0 radical (unpaired) electrons. The largest absolute Gasteiger partial charge is 0.300 e. The molecule has 0 spiro atoms. The van der Waals surface area contributed by atoms with E-state index >= 15 is 0 Å². The zero-order chi connectivity index (χ0) is 13.8. The molecule has 3 rings (SSSR count). The maximum atomic E-state index is 2.77. The molecule has 1 unspecified atom stereocenters. The third kappa shape index (κ3) is 3.32. The monoisotopic (exact) mass is 269 g/mol. The molecular formula is C19H27N. The molecule has 2 fully saturated rings. The summed E-state index contributed by atoms with van der Waals surface area (Å²) in [6.45, 7) is 5.04. The predicted octanol–water partition coefficient (Wildman–Crippen LogP) is 4.60. The van der Waals surface area contributed by atoms with Gasteiger partial charge in [0.1, 0.15) is 0 Å². The van der Waals surface area contributed by atoms with Crippen molar-refractivity contribution in [3.8, 4) is 0 Å². The summed E-state index contributed by atoms with van der Waals surface area (Å²) in [5, 5.41) is 0. The highest BCUT2D eigenvalue weighted by Gasteiger charge is 2.29. The number of allylic oxidation sites excluding steroid dienone is 1. The molecule has 1 saturated carbocycles. The van der Waals surface area contributed by atoms with Crippen LogP contribution in [0.15, 0.2) is 36.4 Å². The van der Waals surface area contributed by atoms with E-state index < -0.39 is 0 Å². The van der Waals surface area contributed by atoms with Crippen LogP contribution in [0.2, 0.25) is 0 Å². The zero-order valence-corrected chi connectivity index (χ0v) is 12.7. The fourth-order valence-corrected chi connectivity index (χ4v) is 3.88. The first-order valence-electron chi connectivity index (χ1n) is 8.30. The molecule has 2 aliphatic rings. The summed E-state index contributed by atoms with van der Waals surface area (Å²) in [4.78, 5) is 2.77. The van der Waals surface area contributed by atoms with Gasteiger partial charge in [-0.25, -0.2) is 0 Å². The quantitative estimate of drug-likeness (QED) is 0.775. The minimum absolute atomic E-state index is 0.757. The summed E-state index contributed by atoms with van der Waals surface area (Å²) in [7, 11) is 0. The lowest BCUT2D eigenvalue weighted by Crippen LogP contribution is -2.43. The maximum Gasteiger partial charge on any atom is 0.00953 e. The average molecular weight is 269 g/mol. The molecular weight excluding hydrogens is 242 g/mol. The van der Waals surface area contributed by atoms with Gasteiger partial charge in [0.25, 0.3) is 0 Å². The van der Waals surface area contributed by atoms with Gasteiger partial charge in [0.2, 0.25) is 0 Å². The first kappa shape index (κ1) is 13.9. The number of rotatable bonds is 3. The fraction of sp³-hybridized carbons (Fsp3) is 0.579. The second-order valence-corrected chi connectivity index (χ2v) is 6.63. The average Bonchev–Trinajstić information content (AvgIpc) is 3.01. The standard InChI is InChI=1S/C19H27N/c1-16-15-20(19-9-5-6-10-19)14-13-18(16)12-11-17-7-3-2-4-8-17/h2-4,7-8,11-12,16,18-19H,5-6,9-10,13-15H2,1H3/b12-11-/t16?,18-/m1/s1. The molecule has 1 aliphatic carbocycles. The molecule has 1 heteroatoms. The number of benzene rings is 1. The first-order valence-corrected chi connectivity index (χ1v) is 8.30. The molecule has 1 aromatic carbocycles. The summed E-state index contributed by atoms with van der Waals surface area (Å²) in [5.41, 5.74) is 1.33. The van der Waals surface area contributed by atoms with E-state index in [4.69, 9.17) is 0 Å². The fourth-order valence-electron chi connectivity index (χ4n) is 3.88. The summed E-state index contributed by atoms with van der Waals surface area (Å²) >= 11 is 0. The van der Waals surface area contributed by atoms with Gasteiger partial charge in [0.15, 0.2) is 0 Å². The normalized spacial score (nSPS) is 29.2. The molecule has 0 N–H and O–H groups in total. The van der Waals surface area contributed by atoms with Crippen molar-refractivity contribution in [3.63, 3.8) is 0 Å². The highest BCUT2D eigenvalue weighted by Crippen LogP contribution is 2.31. The molecule has 1 heterocycles. The van der Waals surface area contributed by atoms with Gasteiger partial charge in [0.05, 0.1) is 0 Å². The van der Waals surface area contributed by atoms with Gasteiger partial charge in [-0.2, -0.15) is 0 Å². The Morgan fingerprint density at radius 1 is 1.05 bits per heavy atom. The Morgan fingerprint density at radius 2 is 1.80 bits per heavy atom. The number of piperidine rings is 1. The van der Waals surface area contributed by atoms with E-state index in [-0.39, 0.29) is 0 Å². The minimum atomic E-state index is 0.757. The zero-order valence-electron chi connectivity index (χ0n) is 12.7. The second-order valence-electron chi connectivity index (χ2n) is 6.63. The van der Waals surface area contributed by atoms with Crippen molar-refractivity contribution < 1.29 is 0 Å². The Labute approximate surface area is 123 Å². The second kappa shape index (κ2) is 6.58. The number of nitrogens with zero attached hydrogens (tertiary/aromatic N) is 1. The summed E-state index contributed by atoms with van der Waals surface area (Å²) < 4.78 is 0. The number of hydrogen-bond donors (Lipinski definition) is 0. The van der Waals surface area contributed by atoms with Crippen molar-refractivity contribution in [2.45, 2.75) is 45.1 Å². The van der Waals surface area contributed by atoms with E-state index in [1.807, 2.05) is 0 Å². The third-order valence-electron chi connectivity index (χ3n) is 5.18. The van der Waals surface area contributed by atoms with E-state index in [1.54, 1.807) is 0 Å². The van der Waals surface area contributed by atoms with Gasteiger partial charge < -0.3 is 4.90 Å². The van der Waals surface area contributed by atoms with E-state index in [9.17, 15) is 0 Å². The van der Waals surface area contributed by atoms with Crippen LogP contribution in [0.1, 0.15) is 44.6 Å². The lowest BCUT2D eigenvalue weighted by molar-refractivity contribution is 0.108. The van der Waals surface area contributed by atoms with Crippen LogP contribution >= 0.6 is 0 Å². The molecule has 1 aromatic rings. The van der Waals surface area contributed by atoms with Crippen LogP contribution in [0.4, 0.5) is 0 Å². The Bertz CT molecular complexity index is 430. The van der Waals surface area contributed by atoms with Crippen LogP contribution in [0.3, 0.4) is 0 Å². The van der Waals surface area contributed by atoms with E-state index in [0.29, 0.717) is 0 Å². The SMILES string of the molecule is CC1CN(C2CCCC2)CC[C@H]1/C=C\c1ccccc1. The van der Waals surface area contributed by atoms with Crippen LogP contribution in [0.25, 0.3) is 6.08 Å². The van der Waals surface area contributed by atoms with Gasteiger partial charge in [0, 0.05) is 12.6 Å². The van der Waals surface area contributed by atoms with E-state index in [2.05, 4.69) is 54.3 Å². The lowest BCUT2D eigenvalue weighted by atomic mass is 9.85. The highest BCUT2D eigenvalue weighted by molar-refractivity contribution is 5.49. The Kier molecular flexibility index (Phi) is 4.57. The summed E-state index contributed by atoms with van der Waals surface area (Å²) in [5.74, 6) is 1.55. The van der Waals surface area contributed by atoms with Crippen LogP contribution in [-0.4, -0.2) is 24.0 Å². The molecule has 108 valence electrons. The highest BCUT2D eigenvalue weighted by atomic mass is 15.2. The molecule has 1 nitrogen and oxygen atoms in total. The molecule has 20 heavy (non-hydrogen) atoms. The van der Waals surface area contributed by atoms with Crippen molar-refractivity contribution in [1.29, 1.82) is 0 Å². The summed E-state index contributed by atoms with van der Waals surface area (Å²) in [6.07, 6.45) is 11.9. The van der Waals surface area contributed by atoms with Crippen LogP contribution in [0, 0.1) is 11.8 Å². The van der Waals surface area contributed by atoms with Gasteiger partial charge in [-0.05, 0) is 43.2 Å². The van der Waals surface area contributed by atoms with Crippen molar-refractivity contribution >= 4 is 6.08 Å². The molecule has 0 aromatic heterocycles. The maximum absolute atomic E-state index is 2.77. The van der Waals surface area contributed by atoms with Crippen molar-refractivity contribution in [2.24, 2.45) is 11.8 Å². The molecule has 0 bridgehead atoms. The van der Waals surface area contributed by atoms with Crippen LogP contribution < -0.4 is 0 Å². The number of likely N-dealkylation sites (tertiary alicyclic amines) is 1. The first-order chi connectivity index (χ1) is 9.83. The van der Waals surface area contributed by atoms with E-state index in [1.165, 1.54) is 50.8 Å². The lowest BCUT2D eigenvalue weighted by Gasteiger charge is -2.39. The van der Waals surface area contributed by atoms with Crippen LogP contribution in [-0.2, 0) is 0 Å². The van der Waals surface area contributed by atoms with Crippen molar-refractivity contribution in [2.75, 3.05) is 13.1 Å². The molecule has 1 saturated heterocycles. The predicted molar refractivity (Wildman–Crippen MR) is 86.6 cm³/mol. The van der Waals surface area contributed by atoms with Crippen LogP contribution in [0.5, 0.6) is 0 Å².